The van der Waals surface area contributed by atoms with E-state index in [1.54, 1.807) is 0 Å². The van der Waals surface area contributed by atoms with Gasteiger partial charge < -0.3 is 9.32 Å². The Kier molecular flexibility index (Phi) is 7.22. The van der Waals surface area contributed by atoms with Gasteiger partial charge in [0.05, 0.1) is 24.1 Å². The van der Waals surface area contributed by atoms with Crippen molar-refractivity contribution in [2.24, 2.45) is 0 Å². The predicted octanol–water partition coefficient (Wildman–Crippen LogP) is 4.44. The number of hydrogen-bond acceptors (Lipinski definition) is 5. The third-order valence-electron chi connectivity index (χ3n) is 6.62. The molecule has 0 radical (unpaired) electrons. The van der Waals surface area contributed by atoms with Crippen LogP contribution in [0.25, 0.3) is 5.69 Å². The van der Waals surface area contributed by atoms with Gasteiger partial charge in [-0.05, 0) is 44.4 Å². The van der Waals surface area contributed by atoms with Crippen LogP contribution in [0.3, 0.4) is 0 Å². The standard InChI is InChI=1S/C27H37N5O2/c1-20-23(21(2)32(29-20)22-10-7-6-8-11-22)12-13-26(33)31-15-9-14-30(16-17-31)19-25-28-18-24(34-25)27(3,4)5/h6-8,10-11,18H,9,12-17,19H2,1-5H3. The van der Waals surface area contributed by atoms with Crippen molar-refractivity contribution in [3.63, 3.8) is 0 Å². The van der Waals surface area contributed by atoms with Crippen LogP contribution in [0.5, 0.6) is 0 Å². The molecule has 1 aliphatic rings. The lowest BCUT2D eigenvalue weighted by Gasteiger charge is -2.21. The van der Waals surface area contributed by atoms with Crippen LogP contribution in [0.2, 0.25) is 0 Å². The van der Waals surface area contributed by atoms with Crippen molar-refractivity contribution in [3.8, 4) is 5.69 Å². The van der Waals surface area contributed by atoms with Crippen molar-refractivity contribution in [2.75, 3.05) is 26.2 Å². The van der Waals surface area contributed by atoms with E-state index in [1.807, 2.05) is 40.9 Å². The molecule has 7 nitrogen and oxygen atoms in total. The fraction of sp³-hybridized carbons (Fsp3) is 0.519. The quantitative estimate of drug-likeness (QED) is 0.541. The molecule has 1 fully saturated rings. The topological polar surface area (TPSA) is 67.4 Å². The lowest BCUT2D eigenvalue weighted by atomic mass is 9.94. The first-order chi connectivity index (χ1) is 16.2. The highest BCUT2D eigenvalue weighted by atomic mass is 16.4. The molecule has 3 aromatic rings. The number of amides is 1. The number of benzene rings is 1. The van der Waals surface area contributed by atoms with Gasteiger partial charge in [0.25, 0.3) is 0 Å². The molecule has 1 saturated heterocycles. The molecule has 34 heavy (non-hydrogen) atoms. The average Bonchev–Trinajstić information content (AvgIpc) is 3.30. The van der Waals surface area contributed by atoms with Gasteiger partial charge in [-0.2, -0.15) is 5.10 Å². The molecule has 1 amide bonds. The van der Waals surface area contributed by atoms with Gasteiger partial charge in [0.2, 0.25) is 11.8 Å². The molecule has 0 spiro atoms. The van der Waals surface area contributed by atoms with Crippen molar-refractivity contribution in [1.29, 1.82) is 0 Å². The summed E-state index contributed by atoms with van der Waals surface area (Å²) in [7, 11) is 0. The average molecular weight is 464 g/mol. The number of nitrogens with zero attached hydrogens (tertiary/aromatic N) is 5. The van der Waals surface area contributed by atoms with E-state index in [9.17, 15) is 4.79 Å². The summed E-state index contributed by atoms with van der Waals surface area (Å²) in [5.41, 5.74) is 4.29. The van der Waals surface area contributed by atoms with Crippen molar-refractivity contribution in [2.45, 2.75) is 65.8 Å². The molecule has 3 heterocycles. The Bertz CT molecular complexity index is 1110. The number of oxazole rings is 1. The third kappa shape index (κ3) is 5.58. The molecular weight excluding hydrogens is 426 g/mol. The number of carbonyl (C=O) groups excluding carboxylic acids is 1. The second-order valence-corrected chi connectivity index (χ2v) is 10.3. The van der Waals surface area contributed by atoms with Gasteiger partial charge in [0.15, 0.2) is 0 Å². The Morgan fingerprint density at radius 2 is 1.82 bits per heavy atom. The lowest BCUT2D eigenvalue weighted by molar-refractivity contribution is -0.131. The van der Waals surface area contributed by atoms with E-state index in [0.29, 0.717) is 13.0 Å². The SMILES string of the molecule is Cc1nn(-c2ccccc2)c(C)c1CCC(=O)N1CCCN(Cc2ncc(C(C)(C)C)o2)CC1. The van der Waals surface area contributed by atoms with Crippen LogP contribution in [-0.2, 0) is 23.2 Å². The first-order valence-corrected chi connectivity index (χ1v) is 12.3. The molecule has 1 aromatic carbocycles. The Hall–Kier alpha value is -2.93. The zero-order valence-corrected chi connectivity index (χ0v) is 21.2. The summed E-state index contributed by atoms with van der Waals surface area (Å²) >= 11 is 0. The summed E-state index contributed by atoms with van der Waals surface area (Å²) in [6.45, 7) is 14.5. The molecule has 4 rings (SSSR count). The van der Waals surface area contributed by atoms with Gasteiger partial charge in [-0.25, -0.2) is 9.67 Å². The smallest absolute Gasteiger partial charge is 0.222 e. The lowest BCUT2D eigenvalue weighted by Crippen LogP contribution is -2.35. The Morgan fingerprint density at radius 1 is 1.06 bits per heavy atom. The fourth-order valence-electron chi connectivity index (χ4n) is 4.55. The normalized spacial score (nSPS) is 15.5. The second kappa shape index (κ2) is 10.1. The third-order valence-corrected chi connectivity index (χ3v) is 6.62. The van der Waals surface area contributed by atoms with E-state index in [1.165, 1.54) is 5.56 Å². The van der Waals surface area contributed by atoms with Crippen molar-refractivity contribution in [3.05, 3.63) is 65.1 Å². The van der Waals surface area contributed by atoms with E-state index in [2.05, 4.69) is 49.7 Å². The minimum Gasteiger partial charge on any atom is -0.444 e. The Labute approximate surface area is 202 Å². The second-order valence-electron chi connectivity index (χ2n) is 10.3. The number of para-hydroxylation sites is 1. The number of rotatable bonds is 6. The van der Waals surface area contributed by atoms with E-state index >= 15 is 0 Å². The van der Waals surface area contributed by atoms with Crippen LogP contribution in [-0.4, -0.2) is 56.7 Å². The minimum absolute atomic E-state index is 0.0401. The highest BCUT2D eigenvalue weighted by molar-refractivity contribution is 5.76. The molecule has 0 unspecified atom stereocenters. The highest BCUT2D eigenvalue weighted by Gasteiger charge is 2.23. The molecule has 0 saturated carbocycles. The maximum atomic E-state index is 13.1. The summed E-state index contributed by atoms with van der Waals surface area (Å²) in [5, 5.41) is 4.72. The van der Waals surface area contributed by atoms with Gasteiger partial charge in [-0.15, -0.1) is 0 Å². The maximum Gasteiger partial charge on any atom is 0.222 e. The molecule has 7 heteroatoms. The van der Waals surface area contributed by atoms with Crippen LogP contribution in [0, 0.1) is 13.8 Å². The molecular formula is C27H37N5O2. The van der Waals surface area contributed by atoms with Crippen molar-refractivity contribution >= 4 is 5.91 Å². The Balaban J connectivity index is 1.32. The van der Waals surface area contributed by atoms with Gasteiger partial charge in [-0.1, -0.05) is 39.0 Å². The largest absolute Gasteiger partial charge is 0.444 e. The number of aryl methyl sites for hydroxylation is 1. The molecule has 0 aliphatic carbocycles. The van der Waals surface area contributed by atoms with E-state index < -0.39 is 0 Å². The maximum absolute atomic E-state index is 13.1. The van der Waals surface area contributed by atoms with E-state index in [-0.39, 0.29) is 11.3 Å². The zero-order chi connectivity index (χ0) is 24.3. The van der Waals surface area contributed by atoms with Gasteiger partial charge in [0, 0.05) is 43.7 Å². The van der Waals surface area contributed by atoms with E-state index in [0.717, 1.165) is 67.7 Å². The number of aromatic nitrogens is 3. The van der Waals surface area contributed by atoms with Gasteiger partial charge >= 0.3 is 0 Å². The van der Waals surface area contributed by atoms with Crippen LogP contribution in [0.4, 0.5) is 0 Å². The zero-order valence-electron chi connectivity index (χ0n) is 21.2. The molecule has 2 aromatic heterocycles. The number of carbonyl (C=O) groups is 1. The summed E-state index contributed by atoms with van der Waals surface area (Å²) in [5.74, 6) is 1.89. The molecule has 1 aliphatic heterocycles. The van der Waals surface area contributed by atoms with E-state index in [4.69, 9.17) is 9.52 Å². The van der Waals surface area contributed by atoms with Crippen molar-refractivity contribution < 1.29 is 9.21 Å². The molecule has 0 atom stereocenters. The summed E-state index contributed by atoms with van der Waals surface area (Å²) in [4.78, 5) is 21.9. The monoisotopic (exact) mass is 463 g/mol. The highest BCUT2D eigenvalue weighted by Crippen LogP contribution is 2.23. The Morgan fingerprint density at radius 3 is 2.53 bits per heavy atom. The van der Waals surface area contributed by atoms with Gasteiger partial charge in [-0.3, -0.25) is 9.69 Å². The summed E-state index contributed by atoms with van der Waals surface area (Å²) < 4.78 is 7.95. The summed E-state index contributed by atoms with van der Waals surface area (Å²) in [6.07, 6.45) is 4.03. The predicted molar refractivity (Wildman–Crippen MR) is 133 cm³/mol. The molecule has 0 bridgehead atoms. The minimum atomic E-state index is -0.0401. The van der Waals surface area contributed by atoms with Crippen molar-refractivity contribution in [1.82, 2.24) is 24.6 Å². The van der Waals surface area contributed by atoms with Crippen LogP contribution in [0.15, 0.2) is 40.9 Å². The number of hydrogen-bond donors (Lipinski definition) is 0. The fourth-order valence-corrected chi connectivity index (χ4v) is 4.55. The summed E-state index contributed by atoms with van der Waals surface area (Å²) in [6, 6.07) is 10.1. The molecule has 0 N–H and O–H groups in total. The molecule has 182 valence electrons. The van der Waals surface area contributed by atoms with Crippen LogP contribution >= 0.6 is 0 Å². The van der Waals surface area contributed by atoms with Crippen LogP contribution < -0.4 is 0 Å². The first-order valence-electron chi connectivity index (χ1n) is 12.3. The first kappa shape index (κ1) is 24.2. The van der Waals surface area contributed by atoms with Crippen LogP contribution in [0.1, 0.15) is 62.2 Å². The van der Waals surface area contributed by atoms with Gasteiger partial charge in [0.1, 0.15) is 5.76 Å².